The summed E-state index contributed by atoms with van der Waals surface area (Å²) in [5.74, 6) is 1.50. The molecular formula is C12H17ClO2. The lowest BCUT2D eigenvalue weighted by Crippen LogP contribution is -2.02. The van der Waals surface area contributed by atoms with Gasteiger partial charge >= 0.3 is 0 Å². The number of benzene rings is 1. The number of halogens is 1. The zero-order chi connectivity index (χ0) is 11.6. The van der Waals surface area contributed by atoms with Gasteiger partial charge in [0, 0.05) is 5.56 Å². The zero-order valence-corrected chi connectivity index (χ0v) is 10.4. The third kappa shape index (κ3) is 2.05. The van der Waals surface area contributed by atoms with E-state index in [-0.39, 0.29) is 0 Å². The normalized spacial score (nSPS) is 10.5. The molecular weight excluding hydrogens is 212 g/mol. The summed E-state index contributed by atoms with van der Waals surface area (Å²) in [6.07, 6.45) is 0. The van der Waals surface area contributed by atoms with E-state index in [4.69, 9.17) is 16.3 Å². The van der Waals surface area contributed by atoms with Crippen LogP contribution in [-0.2, 0) is 5.88 Å². The summed E-state index contributed by atoms with van der Waals surface area (Å²) in [5.41, 5.74) is 3.54. The molecule has 0 spiro atoms. The molecule has 1 aromatic carbocycles. The van der Waals surface area contributed by atoms with Gasteiger partial charge in [0.25, 0.3) is 0 Å². The topological polar surface area (TPSA) is 29.5 Å². The van der Waals surface area contributed by atoms with E-state index in [1.165, 1.54) is 0 Å². The summed E-state index contributed by atoms with van der Waals surface area (Å²) in [4.78, 5) is 0. The van der Waals surface area contributed by atoms with Crippen LogP contribution < -0.4 is 4.74 Å². The van der Waals surface area contributed by atoms with Gasteiger partial charge in [0.2, 0.25) is 0 Å². The van der Waals surface area contributed by atoms with Crippen molar-refractivity contribution in [3.63, 3.8) is 0 Å². The lowest BCUT2D eigenvalue weighted by Gasteiger charge is -2.18. The van der Waals surface area contributed by atoms with Crippen LogP contribution in [-0.4, -0.2) is 11.7 Å². The Kier molecular flexibility index (Phi) is 3.86. The minimum absolute atomic E-state index is 0.326. The van der Waals surface area contributed by atoms with E-state index >= 15 is 0 Å². The molecule has 3 heteroatoms. The number of hydrogen-bond donors (Lipinski definition) is 1. The van der Waals surface area contributed by atoms with Gasteiger partial charge in [-0.05, 0) is 44.4 Å². The SMILES string of the molecule is CCOc1c(C)c(C)c(O)c(C)c1CCl. The van der Waals surface area contributed by atoms with Crippen LogP contribution in [0.4, 0.5) is 0 Å². The van der Waals surface area contributed by atoms with Crippen molar-refractivity contribution in [3.05, 3.63) is 22.3 Å². The first kappa shape index (κ1) is 12.2. The first-order valence-corrected chi connectivity index (χ1v) is 5.58. The van der Waals surface area contributed by atoms with Gasteiger partial charge in [-0.2, -0.15) is 0 Å². The zero-order valence-electron chi connectivity index (χ0n) is 9.65. The van der Waals surface area contributed by atoms with Gasteiger partial charge in [0.05, 0.1) is 12.5 Å². The first-order chi connectivity index (χ1) is 7.04. The number of ether oxygens (including phenoxy) is 1. The average Bonchev–Trinajstić information content (AvgIpc) is 2.24. The van der Waals surface area contributed by atoms with Crippen LogP contribution in [0.5, 0.6) is 11.5 Å². The van der Waals surface area contributed by atoms with Gasteiger partial charge in [-0.1, -0.05) is 0 Å². The van der Waals surface area contributed by atoms with E-state index in [9.17, 15) is 5.11 Å². The molecule has 0 unspecified atom stereocenters. The quantitative estimate of drug-likeness (QED) is 0.803. The summed E-state index contributed by atoms with van der Waals surface area (Å²) in [5, 5.41) is 9.88. The Morgan fingerprint density at radius 2 is 1.73 bits per heavy atom. The predicted molar refractivity (Wildman–Crippen MR) is 63.0 cm³/mol. The molecule has 15 heavy (non-hydrogen) atoms. The van der Waals surface area contributed by atoms with Crippen molar-refractivity contribution in [3.8, 4) is 11.5 Å². The maximum Gasteiger partial charge on any atom is 0.127 e. The number of phenolic OH excluding ortho intramolecular Hbond substituents is 1. The van der Waals surface area contributed by atoms with E-state index in [0.717, 1.165) is 28.0 Å². The molecule has 0 aliphatic heterocycles. The third-order valence-electron chi connectivity index (χ3n) is 2.76. The van der Waals surface area contributed by atoms with Crippen molar-refractivity contribution in [2.45, 2.75) is 33.6 Å². The fourth-order valence-corrected chi connectivity index (χ4v) is 1.99. The summed E-state index contributed by atoms with van der Waals surface area (Å²) in [7, 11) is 0. The van der Waals surface area contributed by atoms with Crippen molar-refractivity contribution in [2.75, 3.05) is 6.61 Å². The summed E-state index contributed by atoms with van der Waals surface area (Å²) in [6, 6.07) is 0. The molecule has 0 radical (unpaired) electrons. The highest BCUT2D eigenvalue weighted by Crippen LogP contribution is 2.37. The number of phenols is 1. The summed E-state index contributed by atoms with van der Waals surface area (Å²) >= 11 is 5.88. The molecule has 2 nitrogen and oxygen atoms in total. The average molecular weight is 229 g/mol. The molecule has 0 aliphatic rings. The van der Waals surface area contributed by atoms with Gasteiger partial charge in [0.15, 0.2) is 0 Å². The van der Waals surface area contributed by atoms with Crippen molar-refractivity contribution in [2.24, 2.45) is 0 Å². The monoisotopic (exact) mass is 228 g/mol. The van der Waals surface area contributed by atoms with Crippen LogP contribution in [0.2, 0.25) is 0 Å². The molecule has 0 bridgehead atoms. The van der Waals surface area contributed by atoms with Crippen LogP contribution in [0.15, 0.2) is 0 Å². The molecule has 0 atom stereocenters. The number of rotatable bonds is 3. The number of alkyl halides is 1. The Hall–Kier alpha value is -0.890. The second-order valence-electron chi connectivity index (χ2n) is 3.60. The van der Waals surface area contributed by atoms with E-state index in [2.05, 4.69) is 0 Å². The van der Waals surface area contributed by atoms with E-state index < -0.39 is 0 Å². The number of hydrogen-bond acceptors (Lipinski definition) is 2. The molecule has 1 aromatic rings. The molecule has 1 N–H and O–H groups in total. The molecule has 0 amide bonds. The second kappa shape index (κ2) is 4.75. The molecule has 0 heterocycles. The Morgan fingerprint density at radius 1 is 1.13 bits per heavy atom. The fraction of sp³-hybridized carbons (Fsp3) is 0.500. The van der Waals surface area contributed by atoms with Gasteiger partial charge in [0.1, 0.15) is 11.5 Å². The van der Waals surface area contributed by atoms with E-state index in [0.29, 0.717) is 18.2 Å². The van der Waals surface area contributed by atoms with Gasteiger partial charge < -0.3 is 9.84 Å². The minimum Gasteiger partial charge on any atom is -0.507 e. The first-order valence-electron chi connectivity index (χ1n) is 5.04. The van der Waals surface area contributed by atoms with Crippen LogP contribution in [0, 0.1) is 20.8 Å². The van der Waals surface area contributed by atoms with Crippen LogP contribution in [0.3, 0.4) is 0 Å². The molecule has 84 valence electrons. The van der Waals surface area contributed by atoms with Crippen molar-refractivity contribution in [1.82, 2.24) is 0 Å². The third-order valence-corrected chi connectivity index (χ3v) is 3.03. The molecule has 0 saturated heterocycles. The summed E-state index contributed by atoms with van der Waals surface area (Å²) < 4.78 is 5.58. The Bertz CT molecular complexity index is 373. The van der Waals surface area contributed by atoms with E-state index in [1.54, 1.807) is 0 Å². The van der Waals surface area contributed by atoms with Gasteiger partial charge in [-0.3, -0.25) is 0 Å². The van der Waals surface area contributed by atoms with Gasteiger partial charge in [-0.15, -0.1) is 11.6 Å². The second-order valence-corrected chi connectivity index (χ2v) is 3.87. The molecule has 0 fully saturated rings. The minimum atomic E-state index is 0.326. The van der Waals surface area contributed by atoms with E-state index in [1.807, 2.05) is 27.7 Å². The summed E-state index contributed by atoms with van der Waals surface area (Å²) in [6.45, 7) is 8.24. The molecule has 0 saturated carbocycles. The van der Waals surface area contributed by atoms with Crippen LogP contribution in [0.25, 0.3) is 0 Å². The van der Waals surface area contributed by atoms with Crippen molar-refractivity contribution >= 4 is 11.6 Å². The lowest BCUT2D eigenvalue weighted by molar-refractivity contribution is 0.333. The highest BCUT2D eigenvalue weighted by molar-refractivity contribution is 6.17. The Balaban J connectivity index is 3.47. The highest BCUT2D eigenvalue weighted by Gasteiger charge is 2.16. The molecule has 1 rings (SSSR count). The lowest BCUT2D eigenvalue weighted by atomic mass is 9.98. The maximum atomic E-state index is 9.88. The standard InChI is InChI=1S/C12H17ClO2/c1-5-15-12-8(3)7(2)11(14)9(4)10(12)6-13/h14H,5-6H2,1-4H3. The molecule has 0 aromatic heterocycles. The maximum absolute atomic E-state index is 9.88. The van der Waals surface area contributed by atoms with Crippen LogP contribution in [0.1, 0.15) is 29.2 Å². The Morgan fingerprint density at radius 3 is 2.20 bits per heavy atom. The highest BCUT2D eigenvalue weighted by atomic mass is 35.5. The largest absolute Gasteiger partial charge is 0.507 e. The van der Waals surface area contributed by atoms with Crippen molar-refractivity contribution < 1.29 is 9.84 Å². The fourth-order valence-electron chi connectivity index (χ4n) is 1.67. The van der Waals surface area contributed by atoms with Gasteiger partial charge in [-0.25, -0.2) is 0 Å². The Labute approximate surface area is 95.8 Å². The number of aromatic hydroxyl groups is 1. The van der Waals surface area contributed by atoms with Crippen LogP contribution >= 0.6 is 11.6 Å². The van der Waals surface area contributed by atoms with Crippen molar-refractivity contribution in [1.29, 1.82) is 0 Å². The smallest absolute Gasteiger partial charge is 0.127 e. The predicted octanol–water partition coefficient (Wildman–Crippen LogP) is 3.45. The molecule has 0 aliphatic carbocycles.